The Morgan fingerprint density at radius 3 is 2.83 bits per heavy atom. The summed E-state index contributed by atoms with van der Waals surface area (Å²) in [6.45, 7) is 1.83. The van der Waals surface area contributed by atoms with E-state index in [1.54, 1.807) is 0 Å². The summed E-state index contributed by atoms with van der Waals surface area (Å²) in [6.07, 6.45) is 5.58. The monoisotopic (exact) mass is 388 g/mol. The Morgan fingerprint density at radius 1 is 1.21 bits per heavy atom. The fourth-order valence-corrected chi connectivity index (χ4v) is 3.82. The van der Waals surface area contributed by atoms with E-state index in [2.05, 4.69) is 15.3 Å². The highest BCUT2D eigenvalue weighted by molar-refractivity contribution is 6.00. The first-order chi connectivity index (χ1) is 14.1. The molecule has 3 heterocycles. The number of nitrogens with one attached hydrogen (secondary N) is 1. The third kappa shape index (κ3) is 3.18. The van der Waals surface area contributed by atoms with Gasteiger partial charge in [-0.25, -0.2) is 9.97 Å². The van der Waals surface area contributed by atoms with Gasteiger partial charge < -0.3 is 9.73 Å². The van der Waals surface area contributed by atoms with Crippen LogP contribution in [0.4, 0.5) is 5.69 Å². The average Bonchev–Trinajstić information content (AvgIpc) is 3.08. The summed E-state index contributed by atoms with van der Waals surface area (Å²) in [6, 6.07) is 9.52. The average molecular weight is 388 g/mol. The number of fused-ring (bicyclic) bond motifs is 4. The number of carbonyl (C=O) groups is 1. The number of aromatic nitrogens is 3. The molecular formula is C22H20N4O3. The van der Waals surface area contributed by atoms with E-state index >= 15 is 0 Å². The Labute approximate surface area is 166 Å². The van der Waals surface area contributed by atoms with Crippen LogP contribution in [0, 0.1) is 6.92 Å². The van der Waals surface area contributed by atoms with Gasteiger partial charge in [0.2, 0.25) is 17.2 Å². The molecular weight excluding hydrogens is 368 g/mol. The van der Waals surface area contributed by atoms with Crippen LogP contribution >= 0.6 is 0 Å². The maximum Gasteiger partial charge on any atom is 0.297 e. The van der Waals surface area contributed by atoms with Gasteiger partial charge in [-0.3, -0.25) is 14.2 Å². The van der Waals surface area contributed by atoms with Gasteiger partial charge in [0.1, 0.15) is 12.1 Å². The Bertz CT molecular complexity index is 1300. The van der Waals surface area contributed by atoms with E-state index in [1.165, 1.54) is 16.5 Å². The molecule has 3 aromatic heterocycles. The van der Waals surface area contributed by atoms with Gasteiger partial charge in [0, 0.05) is 11.4 Å². The van der Waals surface area contributed by atoms with Crippen LogP contribution in [0.3, 0.4) is 0 Å². The quantitative estimate of drug-likeness (QED) is 0.581. The minimum atomic E-state index is -0.384. The van der Waals surface area contributed by atoms with Gasteiger partial charge in [0.15, 0.2) is 0 Å². The molecule has 0 saturated carbocycles. The van der Waals surface area contributed by atoms with Crippen molar-refractivity contribution in [3.05, 3.63) is 63.8 Å². The lowest BCUT2D eigenvalue weighted by molar-refractivity contribution is -0.116. The van der Waals surface area contributed by atoms with E-state index in [0.29, 0.717) is 16.9 Å². The third-order valence-corrected chi connectivity index (χ3v) is 5.37. The molecule has 1 aromatic carbocycles. The van der Waals surface area contributed by atoms with E-state index in [1.807, 2.05) is 37.3 Å². The lowest BCUT2D eigenvalue weighted by Crippen LogP contribution is -2.27. The van der Waals surface area contributed by atoms with Gasteiger partial charge >= 0.3 is 0 Å². The SMILES string of the molecule is Cc1ccc(NC(=O)Cn2cnc3c(oc4nc5c(cc43)CCCC5)c2=O)cc1. The molecule has 1 aliphatic rings. The molecule has 4 aromatic rings. The summed E-state index contributed by atoms with van der Waals surface area (Å²) in [5.74, 6) is -0.304. The number of pyridine rings is 1. The molecule has 0 atom stereocenters. The minimum absolute atomic E-state index is 0.139. The van der Waals surface area contributed by atoms with Crippen molar-refractivity contribution < 1.29 is 9.21 Å². The fraction of sp³-hybridized carbons (Fsp3) is 0.273. The van der Waals surface area contributed by atoms with Gasteiger partial charge in [-0.2, -0.15) is 0 Å². The maximum atomic E-state index is 12.9. The molecule has 0 spiro atoms. The highest BCUT2D eigenvalue weighted by Gasteiger charge is 2.19. The molecule has 7 heteroatoms. The van der Waals surface area contributed by atoms with E-state index in [-0.39, 0.29) is 23.6 Å². The number of aryl methyl sites for hydroxylation is 3. The van der Waals surface area contributed by atoms with E-state index in [0.717, 1.165) is 42.3 Å². The number of rotatable bonds is 3. The van der Waals surface area contributed by atoms with Crippen LogP contribution in [0.1, 0.15) is 29.7 Å². The third-order valence-electron chi connectivity index (χ3n) is 5.37. The van der Waals surface area contributed by atoms with Crippen LogP contribution < -0.4 is 10.9 Å². The van der Waals surface area contributed by atoms with Crippen LogP contribution in [0.5, 0.6) is 0 Å². The zero-order valence-corrected chi connectivity index (χ0v) is 16.1. The molecule has 0 aliphatic heterocycles. The topological polar surface area (TPSA) is 90.0 Å². The lowest BCUT2D eigenvalue weighted by Gasteiger charge is -2.13. The van der Waals surface area contributed by atoms with Crippen LogP contribution in [-0.2, 0) is 24.2 Å². The van der Waals surface area contributed by atoms with Crippen molar-refractivity contribution in [2.45, 2.75) is 39.2 Å². The normalized spacial score (nSPS) is 13.6. The molecule has 7 nitrogen and oxygen atoms in total. The second kappa shape index (κ2) is 6.84. The minimum Gasteiger partial charge on any atom is -0.430 e. The Balaban J connectivity index is 1.48. The van der Waals surface area contributed by atoms with E-state index in [4.69, 9.17) is 4.42 Å². The maximum absolute atomic E-state index is 12.9. The molecule has 5 rings (SSSR count). The summed E-state index contributed by atoms with van der Waals surface area (Å²) in [5, 5.41) is 3.55. The first-order valence-corrected chi connectivity index (χ1v) is 9.75. The van der Waals surface area contributed by atoms with Crippen LogP contribution in [0.25, 0.3) is 22.2 Å². The van der Waals surface area contributed by atoms with Crippen molar-refractivity contribution in [3.8, 4) is 0 Å². The Morgan fingerprint density at radius 2 is 2.00 bits per heavy atom. The van der Waals surface area contributed by atoms with E-state index in [9.17, 15) is 9.59 Å². The first kappa shape index (κ1) is 17.6. The summed E-state index contributed by atoms with van der Waals surface area (Å²) in [4.78, 5) is 34.2. The number of amides is 1. The molecule has 0 radical (unpaired) electrons. The van der Waals surface area contributed by atoms with Crippen LogP contribution in [0.15, 0.2) is 45.9 Å². The second-order valence-electron chi connectivity index (χ2n) is 7.53. The number of nitrogens with zero attached hydrogens (tertiary/aromatic N) is 3. The smallest absolute Gasteiger partial charge is 0.297 e. The molecule has 0 saturated heterocycles. The predicted molar refractivity (Wildman–Crippen MR) is 110 cm³/mol. The summed E-state index contributed by atoms with van der Waals surface area (Å²) >= 11 is 0. The van der Waals surface area contributed by atoms with Gasteiger partial charge in [0.05, 0.1) is 11.7 Å². The molecule has 146 valence electrons. The summed E-state index contributed by atoms with van der Waals surface area (Å²) in [7, 11) is 0. The summed E-state index contributed by atoms with van der Waals surface area (Å²) in [5.41, 5.74) is 4.73. The lowest BCUT2D eigenvalue weighted by atomic mass is 9.95. The molecule has 1 N–H and O–H groups in total. The number of benzene rings is 1. The first-order valence-electron chi connectivity index (χ1n) is 9.75. The Kier molecular flexibility index (Phi) is 4.16. The van der Waals surface area contributed by atoms with Crippen molar-refractivity contribution in [1.29, 1.82) is 0 Å². The van der Waals surface area contributed by atoms with Crippen molar-refractivity contribution in [2.24, 2.45) is 0 Å². The Hall–Kier alpha value is -3.48. The fourth-order valence-electron chi connectivity index (χ4n) is 3.82. The molecule has 0 unspecified atom stereocenters. The predicted octanol–water partition coefficient (Wildman–Crippen LogP) is 3.36. The van der Waals surface area contributed by atoms with Gasteiger partial charge in [-0.1, -0.05) is 17.7 Å². The number of anilines is 1. The molecule has 1 amide bonds. The largest absolute Gasteiger partial charge is 0.430 e. The van der Waals surface area contributed by atoms with Crippen molar-refractivity contribution in [1.82, 2.24) is 14.5 Å². The molecule has 0 bridgehead atoms. The highest BCUT2D eigenvalue weighted by atomic mass is 16.3. The zero-order valence-electron chi connectivity index (χ0n) is 16.1. The number of furan rings is 1. The second-order valence-corrected chi connectivity index (χ2v) is 7.53. The van der Waals surface area contributed by atoms with Crippen LogP contribution in [-0.4, -0.2) is 20.4 Å². The van der Waals surface area contributed by atoms with Crippen molar-refractivity contribution >= 4 is 33.8 Å². The highest BCUT2D eigenvalue weighted by Crippen LogP contribution is 2.29. The van der Waals surface area contributed by atoms with Gasteiger partial charge in [-0.05, 0) is 56.4 Å². The van der Waals surface area contributed by atoms with E-state index < -0.39 is 0 Å². The standard InChI is InChI=1S/C22H20N4O3/c1-13-6-8-15(9-7-13)24-18(27)11-26-12-23-19-16-10-14-4-2-3-5-17(14)25-21(16)29-20(19)22(26)28/h6-10,12H,2-5,11H2,1H3,(H,24,27). The van der Waals surface area contributed by atoms with Crippen molar-refractivity contribution in [2.75, 3.05) is 5.32 Å². The summed E-state index contributed by atoms with van der Waals surface area (Å²) < 4.78 is 7.02. The molecule has 1 aliphatic carbocycles. The van der Waals surface area contributed by atoms with Crippen molar-refractivity contribution in [3.63, 3.8) is 0 Å². The number of carbonyl (C=O) groups excluding carboxylic acids is 1. The number of hydrogen-bond acceptors (Lipinski definition) is 5. The molecule has 29 heavy (non-hydrogen) atoms. The molecule has 0 fully saturated rings. The zero-order chi connectivity index (χ0) is 20.0. The number of hydrogen-bond donors (Lipinski definition) is 1. The van der Waals surface area contributed by atoms with Crippen LogP contribution in [0.2, 0.25) is 0 Å². The van der Waals surface area contributed by atoms with Gasteiger partial charge in [-0.15, -0.1) is 0 Å². The van der Waals surface area contributed by atoms with Gasteiger partial charge in [0.25, 0.3) is 5.56 Å².